The van der Waals surface area contributed by atoms with E-state index in [1.165, 1.54) is 6.33 Å². The van der Waals surface area contributed by atoms with E-state index in [4.69, 9.17) is 4.74 Å². The number of ether oxygens (including phenoxy) is 1. The van der Waals surface area contributed by atoms with Gasteiger partial charge in [-0.1, -0.05) is 0 Å². The number of hydrogen-bond donors (Lipinski definition) is 0. The second-order valence-corrected chi connectivity index (χ2v) is 8.69. The molecule has 8 heteroatoms. The molecule has 23 heavy (non-hydrogen) atoms. The first-order valence-electron chi connectivity index (χ1n) is 8.07. The molecule has 0 N–H and O–H groups in total. The van der Waals surface area contributed by atoms with Gasteiger partial charge in [-0.05, 0) is 31.6 Å². The van der Waals surface area contributed by atoms with Crippen LogP contribution in [0, 0.1) is 5.92 Å². The smallest absolute Gasteiger partial charge is 0.218 e. The van der Waals surface area contributed by atoms with Crippen molar-refractivity contribution in [2.75, 3.05) is 38.7 Å². The Labute approximate surface area is 137 Å². The minimum atomic E-state index is -3.06. The summed E-state index contributed by atoms with van der Waals surface area (Å²) in [4.78, 5) is 10.5. The van der Waals surface area contributed by atoms with Crippen molar-refractivity contribution < 1.29 is 13.2 Å². The van der Waals surface area contributed by atoms with Crippen LogP contribution in [0.4, 0.5) is 5.82 Å². The molecular formula is C15H24N4O3S. The highest BCUT2D eigenvalue weighted by Crippen LogP contribution is 2.31. The summed E-state index contributed by atoms with van der Waals surface area (Å²) in [6, 6.07) is 1.84. The van der Waals surface area contributed by atoms with Crippen LogP contribution in [-0.4, -0.2) is 61.7 Å². The molecule has 128 valence electrons. The van der Waals surface area contributed by atoms with Gasteiger partial charge in [0.25, 0.3) is 0 Å². The van der Waals surface area contributed by atoms with Crippen molar-refractivity contribution >= 4 is 15.8 Å². The van der Waals surface area contributed by atoms with Crippen molar-refractivity contribution in [3.63, 3.8) is 0 Å². The van der Waals surface area contributed by atoms with Crippen LogP contribution in [0.25, 0.3) is 0 Å². The Bertz CT molecular complexity index is 640. The average molecular weight is 340 g/mol. The molecule has 1 aromatic rings. The number of sulfonamides is 1. The third-order valence-corrected chi connectivity index (χ3v) is 7.00. The number of piperidine rings is 1. The molecule has 7 nitrogen and oxygen atoms in total. The number of nitrogens with zero attached hydrogens (tertiary/aromatic N) is 4. The van der Waals surface area contributed by atoms with Gasteiger partial charge in [0.05, 0.1) is 12.4 Å². The van der Waals surface area contributed by atoms with Gasteiger partial charge >= 0.3 is 0 Å². The van der Waals surface area contributed by atoms with Crippen molar-refractivity contribution in [2.24, 2.45) is 5.92 Å². The van der Waals surface area contributed by atoms with Crippen molar-refractivity contribution in [3.8, 4) is 5.88 Å². The monoisotopic (exact) mass is 340 g/mol. The van der Waals surface area contributed by atoms with Gasteiger partial charge in [-0.15, -0.1) is 0 Å². The van der Waals surface area contributed by atoms with Crippen LogP contribution in [0.2, 0.25) is 0 Å². The zero-order valence-corrected chi connectivity index (χ0v) is 14.5. The molecule has 2 aliphatic rings. The van der Waals surface area contributed by atoms with Crippen LogP contribution in [0.15, 0.2) is 12.4 Å². The highest BCUT2D eigenvalue weighted by atomic mass is 32.2. The average Bonchev–Trinajstić information content (AvgIpc) is 3.41. The minimum Gasteiger partial charge on any atom is -0.481 e. The van der Waals surface area contributed by atoms with E-state index in [1.54, 1.807) is 18.5 Å². The fourth-order valence-electron chi connectivity index (χ4n) is 3.05. The molecule has 3 rings (SSSR count). The van der Waals surface area contributed by atoms with Crippen LogP contribution in [0.3, 0.4) is 0 Å². The predicted molar refractivity (Wildman–Crippen MR) is 88.1 cm³/mol. The van der Waals surface area contributed by atoms with E-state index in [-0.39, 0.29) is 5.25 Å². The highest BCUT2D eigenvalue weighted by molar-refractivity contribution is 7.90. The molecule has 2 fully saturated rings. The van der Waals surface area contributed by atoms with Gasteiger partial charge in [0.2, 0.25) is 15.9 Å². The molecule has 1 saturated carbocycles. The molecule has 0 spiro atoms. The molecule has 0 atom stereocenters. The van der Waals surface area contributed by atoms with Crippen LogP contribution in [0.5, 0.6) is 5.88 Å². The zero-order valence-electron chi connectivity index (χ0n) is 13.7. The summed E-state index contributed by atoms with van der Waals surface area (Å²) in [5, 5.41) is -0.124. The lowest BCUT2D eigenvalue weighted by Crippen LogP contribution is -2.40. The minimum absolute atomic E-state index is 0.124. The van der Waals surface area contributed by atoms with Crippen LogP contribution < -0.4 is 9.64 Å². The quantitative estimate of drug-likeness (QED) is 0.773. The fourth-order valence-corrected chi connectivity index (χ4v) is 4.71. The second kappa shape index (κ2) is 6.60. The van der Waals surface area contributed by atoms with Gasteiger partial charge in [0, 0.05) is 32.7 Å². The summed E-state index contributed by atoms with van der Waals surface area (Å²) in [6.07, 6.45) is 5.09. The summed E-state index contributed by atoms with van der Waals surface area (Å²) in [6.45, 7) is 2.38. The molecule has 0 radical (unpaired) electrons. The molecule has 1 aliphatic heterocycles. The molecule has 2 heterocycles. The molecule has 1 saturated heterocycles. The number of rotatable bonds is 6. The van der Waals surface area contributed by atoms with Gasteiger partial charge in [-0.2, -0.15) is 0 Å². The lowest BCUT2D eigenvalue weighted by molar-refractivity contribution is 0.326. The molecule has 0 aromatic carbocycles. The van der Waals surface area contributed by atoms with Crippen molar-refractivity contribution in [2.45, 2.75) is 30.9 Å². The van der Waals surface area contributed by atoms with E-state index < -0.39 is 10.0 Å². The normalized spacial score (nSPS) is 20.0. The Morgan fingerprint density at radius 2 is 1.96 bits per heavy atom. The van der Waals surface area contributed by atoms with E-state index in [2.05, 4.69) is 14.9 Å². The summed E-state index contributed by atoms with van der Waals surface area (Å²) in [5.74, 6) is 1.84. The van der Waals surface area contributed by atoms with Crippen molar-refractivity contribution in [3.05, 3.63) is 12.4 Å². The van der Waals surface area contributed by atoms with Crippen LogP contribution >= 0.6 is 0 Å². The van der Waals surface area contributed by atoms with Gasteiger partial charge in [-0.3, -0.25) is 0 Å². The standard InChI is InChI=1S/C15H24N4O3S/c1-18(23(20,21)13-3-4-13)10-12-5-7-19(8-6-12)14-9-15(22-2)17-11-16-14/h9,11-13H,3-8,10H2,1-2H3. The molecule has 1 aromatic heterocycles. The fraction of sp³-hybridized carbons (Fsp3) is 0.733. The first kappa shape index (κ1) is 16.4. The third kappa shape index (κ3) is 3.74. The summed E-state index contributed by atoms with van der Waals surface area (Å²) in [7, 11) is 0.252. The van der Waals surface area contributed by atoms with E-state index in [0.29, 0.717) is 18.3 Å². The Morgan fingerprint density at radius 1 is 1.26 bits per heavy atom. The topological polar surface area (TPSA) is 75.6 Å². The molecule has 1 aliphatic carbocycles. The Kier molecular flexibility index (Phi) is 4.72. The number of anilines is 1. The van der Waals surface area contributed by atoms with Gasteiger partial charge in [0.1, 0.15) is 12.1 Å². The number of hydrogen-bond acceptors (Lipinski definition) is 6. The van der Waals surface area contributed by atoms with Crippen LogP contribution in [-0.2, 0) is 10.0 Å². The predicted octanol–water partition coefficient (Wildman–Crippen LogP) is 1.13. The van der Waals surface area contributed by atoms with Crippen molar-refractivity contribution in [1.29, 1.82) is 0 Å². The summed E-state index contributed by atoms with van der Waals surface area (Å²) >= 11 is 0. The van der Waals surface area contributed by atoms with Crippen LogP contribution in [0.1, 0.15) is 25.7 Å². The first-order valence-corrected chi connectivity index (χ1v) is 9.57. The summed E-state index contributed by atoms with van der Waals surface area (Å²) in [5.41, 5.74) is 0. The molecular weight excluding hydrogens is 316 g/mol. The number of aromatic nitrogens is 2. The Morgan fingerprint density at radius 3 is 2.57 bits per heavy atom. The van der Waals surface area contributed by atoms with E-state index in [1.807, 2.05) is 6.07 Å². The number of methoxy groups -OCH3 is 1. The highest BCUT2D eigenvalue weighted by Gasteiger charge is 2.39. The lowest BCUT2D eigenvalue weighted by Gasteiger charge is -2.34. The zero-order chi connectivity index (χ0) is 16.4. The van der Waals surface area contributed by atoms with Gasteiger partial charge < -0.3 is 9.64 Å². The maximum Gasteiger partial charge on any atom is 0.218 e. The SMILES string of the molecule is COc1cc(N2CCC(CN(C)S(=O)(=O)C3CC3)CC2)ncn1. The third-order valence-electron chi connectivity index (χ3n) is 4.67. The molecule has 0 amide bonds. The second-order valence-electron chi connectivity index (χ2n) is 6.37. The molecule has 0 unspecified atom stereocenters. The van der Waals surface area contributed by atoms with Crippen molar-refractivity contribution in [1.82, 2.24) is 14.3 Å². The lowest BCUT2D eigenvalue weighted by atomic mass is 9.97. The maximum atomic E-state index is 12.2. The Balaban J connectivity index is 1.54. The van der Waals surface area contributed by atoms with E-state index in [0.717, 1.165) is 44.6 Å². The largest absolute Gasteiger partial charge is 0.481 e. The maximum absolute atomic E-state index is 12.2. The van der Waals surface area contributed by atoms with Gasteiger partial charge in [0.15, 0.2) is 0 Å². The Hall–Kier alpha value is -1.41. The first-order chi connectivity index (χ1) is 11.0. The summed E-state index contributed by atoms with van der Waals surface area (Å²) < 4.78 is 31.1. The van der Waals surface area contributed by atoms with E-state index in [9.17, 15) is 8.42 Å². The van der Waals surface area contributed by atoms with E-state index >= 15 is 0 Å². The van der Waals surface area contributed by atoms with Gasteiger partial charge in [-0.25, -0.2) is 22.7 Å². The molecule has 0 bridgehead atoms.